The zero-order valence-corrected chi connectivity index (χ0v) is 18.8. The van der Waals surface area contributed by atoms with E-state index in [1.54, 1.807) is 11.3 Å². The molecule has 0 fully saturated rings. The first-order chi connectivity index (χ1) is 14.3. The SMILES string of the molecule is Cc1c(-c2ncc(-c3ccc(OC(C)C)c(Cl)c3)s2)ccc2c1CCC2CC(=O)O. The minimum atomic E-state index is -0.734. The highest BCUT2D eigenvalue weighted by atomic mass is 35.5. The van der Waals surface area contributed by atoms with Gasteiger partial charge in [-0.15, -0.1) is 11.3 Å². The van der Waals surface area contributed by atoms with Crippen molar-refractivity contribution in [2.75, 3.05) is 0 Å². The molecule has 0 radical (unpaired) electrons. The summed E-state index contributed by atoms with van der Waals surface area (Å²) in [5.74, 6) is 0.0685. The molecule has 4 rings (SSSR count). The maximum Gasteiger partial charge on any atom is 0.303 e. The number of carboxylic acid groups (broad SMARTS) is 1. The van der Waals surface area contributed by atoms with Gasteiger partial charge in [0.05, 0.1) is 22.4 Å². The maximum absolute atomic E-state index is 11.1. The van der Waals surface area contributed by atoms with E-state index in [1.807, 2.05) is 38.2 Å². The number of hydrogen-bond donors (Lipinski definition) is 1. The van der Waals surface area contributed by atoms with Crippen molar-refractivity contribution in [3.05, 3.63) is 58.2 Å². The van der Waals surface area contributed by atoms with Gasteiger partial charge >= 0.3 is 5.97 Å². The number of benzene rings is 2. The van der Waals surface area contributed by atoms with E-state index >= 15 is 0 Å². The van der Waals surface area contributed by atoms with Crippen LogP contribution in [0.25, 0.3) is 21.0 Å². The predicted molar refractivity (Wildman–Crippen MR) is 122 cm³/mol. The van der Waals surface area contributed by atoms with Gasteiger partial charge in [0.2, 0.25) is 0 Å². The van der Waals surface area contributed by atoms with Crippen LogP contribution in [0.2, 0.25) is 5.02 Å². The summed E-state index contributed by atoms with van der Waals surface area (Å²) in [6.07, 6.45) is 3.98. The molecule has 1 aliphatic carbocycles. The van der Waals surface area contributed by atoms with Crippen molar-refractivity contribution in [2.24, 2.45) is 0 Å². The lowest BCUT2D eigenvalue weighted by Crippen LogP contribution is -2.05. The minimum absolute atomic E-state index is 0.0706. The number of aliphatic carboxylic acids is 1. The second kappa shape index (κ2) is 8.40. The Balaban J connectivity index is 1.62. The van der Waals surface area contributed by atoms with Gasteiger partial charge < -0.3 is 9.84 Å². The maximum atomic E-state index is 11.1. The number of carbonyl (C=O) groups is 1. The number of thiazole rings is 1. The van der Waals surface area contributed by atoms with Gasteiger partial charge in [-0.2, -0.15) is 0 Å². The quantitative estimate of drug-likeness (QED) is 0.460. The van der Waals surface area contributed by atoms with E-state index in [2.05, 4.69) is 24.0 Å². The van der Waals surface area contributed by atoms with Crippen LogP contribution < -0.4 is 4.74 Å². The van der Waals surface area contributed by atoms with Crippen LogP contribution in [0.4, 0.5) is 0 Å². The molecule has 4 nitrogen and oxygen atoms in total. The molecule has 1 aliphatic rings. The molecule has 2 aromatic carbocycles. The molecule has 0 saturated carbocycles. The van der Waals surface area contributed by atoms with E-state index in [-0.39, 0.29) is 18.4 Å². The fraction of sp³-hybridized carbons (Fsp3) is 0.333. The lowest BCUT2D eigenvalue weighted by atomic mass is 9.94. The monoisotopic (exact) mass is 441 g/mol. The molecule has 3 aromatic rings. The molecule has 0 aliphatic heterocycles. The molecule has 1 unspecified atom stereocenters. The largest absolute Gasteiger partial charge is 0.489 e. The summed E-state index contributed by atoms with van der Waals surface area (Å²) in [6, 6.07) is 10.0. The zero-order valence-electron chi connectivity index (χ0n) is 17.2. The van der Waals surface area contributed by atoms with Crippen LogP contribution in [0.15, 0.2) is 36.5 Å². The summed E-state index contributed by atoms with van der Waals surface area (Å²) >= 11 is 8.04. The summed E-state index contributed by atoms with van der Waals surface area (Å²) in [7, 11) is 0. The number of rotatable bonds is 6. The first-order valence-electron chi connectivity index (χ1n) is 10.1. The Hall–Kier alpha value is -2.37. The van der Waals surface area contributed by atoms with Gasteiger partial charge in [-0.1, -0.05) is 23.7 Å². The molecule has 1 heterocycles. The first-order valence-corrected chi connectivity index (χ1v) is 11.3. The van der Waals surface area contributed by atoms with Crippen molar-refractivity contribution < 1.29 is 14.6 Å². The van der Waals surface area contributed by atoms with Crippen molar-refractivity contribution in [3.63, 3.8) is 0 Å². The number of carboxylic acids is 1. The van der Waals surface area contributed by atoms with Crippen LogP contribution >= 0.6 is 22.9 Å². The standard InChI is InChI=1S/C24H24ClNO3S/c1-13(2)29-21-9-5-16(10-20(21)25)22-12-26-24(30-22)18-7-8-19-15(11-23(27)28)4-6-17(19)14(18)3/h5,7-10,12-13,15H,4,6,11H2,1-3H3,(H,27,28). The molecule has 1 aromatic heterocycles. The van der Waals surface area contributed by atoms with Gasteiger partial charge in [-0.25, -0.2) is 4.98 Å². The Morgan fingerprint density at radius 3 is 2.83 bits per heavy atom. The summed E-state index contributed by atoms with van der Waals surface area (Å²) < 4.78 is 5.72. The van der Waals surface area contributed by atoms with Gasteiger partial charge in [0, 0.05) is 11.8 Å². The lowest BCUT2D eigenvalue weighted by molar-refractivity contribution is -0.137. The molecule has 1 atom stereocenters. The van der Waals surface area contributed by atoms with Crippen molar-refractivity contribution >= 4 is 28.9 Å². The van der Waals surface area contributed by atoms with Crippen LogP contribution in [0.5, 0.6) is 5.75 Å². The molecule has 0 amide bonds. The molecule has 1 N–H and O–H groups in total. The molecule has 156 valence electrons. The van der Waals surface area contributed by atoms with Gasteiger partial charge in [0.15, 0.2) is 0 Å². The lowest BCUT2D eigenvalue weighted by Gasteiger charge is -2.12. The van der Waals surface area contributed by atoms with E-state index < -0.39 is 5.97 Å². The second-order valence-electron chi connectivity index (χ2n) is 7.98. The second-order valence-corrected chi connectivity index (χ2v) is 9.42. The predicted octanol–water partition coefficient (Wildman–Crippen LogP) is 6.73. The normalized spacial score (nSPS) is 15.4. The van der Waals surface area contributed by atoms with Crippen LogP contribution in [-0.4, -0.2) is 22.2 Å². The third-order valence-corrected chi connectivity index (χ3v) is 6.93. The highest BCUT2D eigenvalue weighted by molar-refractivity contribution is 7.18. The van der Waals surface area contributed by atoms with Crippen molar-refractivity contribution in [3.8, 4) is 26.8 Å². The van der Waals surface area contributed by atoms with Gasteiger partial charge in [-0.05, 0) is 80.0 Å². The van der Waals surface area contributed by atoms with Crippen molar-refractivity contribution in [1.82, 2.24) is 4.98 Å². The van der Waals surface area contributed by atoms with E-state index in [9.17, 15) is 4.79 Å². The van der Waals surface area contributed by atoms with Crippen LogP contribution in [0.3, 0.4) is 0 Å². The minimum Gasteiger partial charge on any atom is -0.489 e. The Labute approximate surface area is 185 Å². The third-order valence-electron chi connectivity index (χ3n) is 5.55. The summed E-state index contributed by atoms with van der Waals surface area (Å²) in [4.78, 5) is 16.9. The average molecular weight is 442 g/mol. The first kappa shape index (κ1) is 20.9. The Morgan fingerprint density at radius 2 is 2.13 bits per heavy atom. The molecule has 6 heteroatoms. The fourth-order valence-corrected chi connectivity index (χ4v) is 5.38. The molecule has 0 saturated heterocycles. The van der Waals surface area contributed by atoms with Crippen LogP contribution in [0.1, 0.15) is 49.3 Å². The van der Waals surface area contributed by atoms with E-state index in [0.29, 0.717) is 10.8 Å². The number of hydrogen-bond acceptors (Lipinski definition) is 4. The number of halogens is 1. The van der Waals surface area contributed by atoms with Crippen LogP contribution in [-0.2, 0) is 11.2 Å². The molecular formula is C24H24ClNO3S. The van der Waals surface area contributed by atoms with E-state index in [1.165, 1.54) is 16.7 Å². The third kappa shape index (κ3) is 4.09. The molecular weight excluding hydrogens is 418 g/mol. The Morgan fingerprint density at radius 1 is 1.33 bits per heavy atom. The van der Waals surface area contributed by atoms with Crippen molar-refractivity contribution in [1.29, 1.82) is 0 Å². The van der Waals surface area contributed by atoms with Crippen LogP contribution in [0, 0.1) is 6.92 Å². The number of ether oxygens (including phenoxy) is 1. The van der Waals surface area contributed by atoms with Gasteiger partial charge in [0.1, 0.15) is 10.8 Å². The Kier molecular flexibility index (Phi) is 5.85. The number of fused-ring (bicyclic) bond motifs is 1. The highest BCUT2D eigenvalue weighted by Crippen LogP contribution is 2.42. The number of nitrogens with zero attached hydrogens (tertiary/aromatic N) is 1. The average Bonchev–Trinajstić information content (AvgIpc) is 3.31. The smallest absolute Gasteiger partial charge is 0.303 e. The molecule has 0 spiro atoms. The highest BCUT2D eigenvalue weighted by Gasteiger charge is 2.27. The zero-order chi connectivity index (χ0) is 21.4. The number of aromatic nitrogens is 1. The topological polar surface area (TPSA) is 59.4 Å². The fourth-order valence-electron chi connectivity index (χ4n) is 4.16. The molecule has 30 heavy (non-hydrogen) atoms. The summed E-state index contributed by atoms with van der Waals surface area (Å²) in [5.41, 5.74) is 5.81. The Bertz CT molecular complexity index is 1110. The van der Waals surface area contributed by atoms with Gasteiger partial charge in [-0.3, -0.25) is 4.79 Å². The van der Waals surface area contributed by atoms with Crippen molar-refractivity contribution in [2.45, 2.75) is 52.1 Å². The van der Waals surface area contributed by atoms with Gasteiger partial charge in [0.25, 0.3) is 0 Å². The summed E-state index contributed by atoms with van der Waals surface area (Å²) in [5, 5.41) is 10.7. The summed E-state index contributed by atoms with van der Waals surface area (Å²) in [6.45, 7) is 6.07. The van der Waals surface area contributed by atoms with E-state index in [4.69, 9.17) is 21.4 Å². The molecule has 0 bridgehead atoms. The van der Waals surface area contributed by atoms with E-state index in [0.717, 1.165) is 33.9 Å².